The predicted octanol–water partition coefficient (Wildman–Crippen LogP) is 2.77. The summed E-state index contributed by atoms with van der Waals surface area (Å²) >= 11 is 0. The minimum Gasteiger partial charge on any atom is -0.347 e. The molecule has 7 heteroatoms. The van der Waals surface area contributed by atoms with E-state index in [1.165, 1.54) is 12.4 Å². The largest absolute Gasteiger partial charge is 0.347 e. The molecule has 0 spiro atoms. The summed E-state index contributed by atoms with van der Waals surface area (Å²) in [6, 6.07) is 18.1. The average molecular weight is 385 g/mol. The van der Waals surface area contributed by atoms with Gasteiger partial charge in [0, 0.05) is 12.6 Å². The van der Waals surface area contributed by atoms with Crippen LogP contribution in [0.2, 0.25) is 0 Å². The minimum absolute atomic E-state index is 0.152. The number of aromatic nitrogens is 2. The molecule has 1 heterocycles. The lowest BCUT2D eigenvalue weighted by atomic mass is 10.1. The van der Waals surface area contributed by atoms with Crippen molar-refractivity contribution in [2.75, 3.05) is 5.32 Å². The van der Waals surface area contributed by atoms with E-state index in [2.05, 4.69) is 20.6 Å². The molecular formula is C22H19N5O2. The number of aryl methyl sites for hydroxylation is 1. The third-order valence-corrected chi connectivity index (χ3v) is 4.15. The molecular weight excluding hydrogens is 366 g/mol. The molecule has 0 fully saturated rings. The van der Waals surface area contributed by atoms with Gasteiger partial charge in [0.25, 0.3) is 5.91 Å². The quantitative estimate of drug-likeness (QED) is 0.678. The lowest BCUT2D eigenvalue weighted by molar-refractivity contribution is -0.115. The first-order valence-electron chi connectivity index (χ1n) is 8.98. The van der Waals surface area contributed by atoms with E-state index in [1.54, 1.807) is 24.3 Å². The van der Waals surface area contributed by atoms with Gasteiger partial charge in [0.1, 0.15) is 17.8 Å². The number of nitrogens with zero attached hydrogens (tertiary/aromatic N) is 3. The minimum atomic E-state index is -0.383. The van der Waals surface area contributed by atoms with Crippen LogP contribution in [0.15, 0.2) is 60.9 Å². The van der Waals surface area contributed by atoms with Crippen LogP contribution in [-0.4, -0.2) is 21.8 Å². The number of carbonyl (C=O) groups excluding carboxylic acids is 2. The molecule has 3 rings (SSSR count). The molecule has 0 radical (unpaired) electrons. The van der Waals surface area contributed by atoms with Gasteiger partial charge in [-0.3, -0.25) is 9.59 Å². The zero-order valence-corrected chi connectivity index (χ0v) is 15.8. The number of hydrogen-bond donors (Lipinski definition) is 2. The average Bonchev–Trinajstić information content (AvgIpc) is 2.72. The van der Waals surface area contributed by atoms with Crippen molar-refractivity contribution < 1.29 is 9.59 Å². The van der Waals surface area contributed by atoms with Gasteiger partial charge in [-0.05, 0) is 30.2 Å². The molecule has 3 aromatic rings. The molecule has 2 aromatic carbocycles. The van der Waals surface area contributed by atoms with Crippen molar-refractivity contribution in [3.8, 4) is 6.07 Å². The monoisotopic (exact) mass is 385 g/mol. The van der Waals surface area contributed by atoms with E-state index in [9.17, 15) is 9.59 Å². The highest BCUT2D eigenvalue weighted by atomic mass is 16.2. The molecule has 144 valence electrons. The van der Waals surface area contributed by atoms with Crippen LogP contribution >= 0.6 is 0 Å². The Morgan fingerprint density at radius 2 is 1.83 bits per heavy atom. The smallest absolute Gasteiger partial charge is 0.270 e. The molecule has 0 atom stereocenters. The van der Waals surface area contributed by atoms with E-state index in [-0.39, 0.29) is 29.7 Å². The molecule has 1 aromatic heterocycles. The summed E-state index contributed by atoms with van der Waals surface area (Å²) in [6.45, 7) is 2.26. The first-order valence-corrected chi connectivity index (χ1v) is 8.98. The van der Waals surface area contributed by atoms with Crippen molar-refractivity contribution in [1.29, 1.82) is 5.26 Å². The number of carbonyl (C=O) groups is 2. The van der Waals surface area contributed by atoms with Crippen molar-refractivity contribution in [2.24, 2.45) is 0 Å². The van der Waals surface area contributed by atoms with Crippen LogP contribution in [0.25, 0.3) is 0 Å². The fraction of sp³-hybridized carbons (Fsp3) is 0.136. The Morgan fingerprint density at radius 3 is 2.55 bits per heavy atom. The van der Waals surface area contributed by atoms with Gasteiger partial charge in [0.15, 0.2) is 0 Å². The molecule has 29 heavy (non-hydrogen) atoms. The lowest BCUT2D eigenvalue weighted by Crippen LogP contribution is -2.24. The maximum Gasteiger partial charge on any atom is 0.270 e. The normalized spacial score (nSPS) is 10.1. The highest BCUT2D eigenvalue weighted by Gasteiger charge is 2.11. The number of amides is 2. The number of anilines is 1. The van der Waals surface area contributed by atoms with E-state index in [0.717, 1.165) is 16.7 Å². The van der Waals surface area contributed by atoms with Crippen molar-refractivity contribution in [1.82, 2.24) is 15.3 Å². The summed E-state index contributed by atoms with van der Waals surface area (Å²) in [7, 11) is 0. The summed E-state index contributed by atoms with van der Waals surface area (Å²) in [5, 5.41) is 14.3. The fourth-order valence-corrected chi connectivity index (χ4v) is 2.71. The van der Waals surface area contributed by atoms with Crippen LogP contribution in [0.3, 0.4) is 0 Å². The Morgan fingerprint density at radius 1 is 1.03 bits per heavy atom. The Balaban J connectivity index is 1.58. The van der Waals surface area contributed by atoms with Crippen LogP contribution in [0.5, 0.6) is 0 Å². The topological polar surface area (TPSA) is 108 Å². The Hall–Kier alpha value is -4.05. The molecule has 0 aliphatic carbocycles. The highest BCUT2D eigenvalue weighted by Crippen LogP contribution is 2.09. The Kier molecular flexibility index (Phi) is 6.28. The van der Waals surface area contributed by atoms with Gasteiger partial charge in [-0.15, -0.1) is 0 Å². The second kappa shape index (κ2) is 9.24. The van der Waals surface area contributed by atoms with Gasteiger partial charge in [-0.2, -0.15) is 5.26 Å². The van der Waals surface area contributed by atoms with Gasteiger partial charge in [-0.1, -0.05) is 42.0 Å². The molecule has 0 unspecified atom stereocenters. The molecule has 0 aliphatic heterocycles. The van der Waals surface area contributed by atoms with Gasteiger partial charge in [0.05, 0.1) is 18.1 Å². The summed E-state index contributed by atoms with van der Waals surface area (Å²) < 4.78 is 0. The Labute approximate surface area is 168 Å². The van der Waals surface area contributed by atoms with E-state index < -0.39 is 0 Å². The number of benzene rings is 2. The molecule has 2 amide bonds. The first kappa shape index (κ1) is 19.7. The fourth-order valence-electron chi connectivity index (χ4n) is 2.71. The summed E-state index contributed by atoms with van der Waals surface area (Å²) in [6.07, 6.45) is 1.45. The Bertz CT molecular complexity index is 1070. The van der Waals surface area contributed by atoms with Crippen molar-refractivity contribution in [3.05, 3.63) is 88.9 Å². The number of rotatable bonds is 6. The second-order valence-electron chi connectivity index (χ2n) is 6.49. The molecule has 7 nitrogen and oxygen atoms in total. The third-order valence-electron chi connectivity index (χ3n) is 4.15. The van der Waals surface area contributed by atoms with Crippen molar-refractivity contribution >= 4 is 17.6 Å². The maximum absolute atomic E-state index is 12.3. The van der Waals surface area contributed by atoms with Gasteiger partial charge in [-0.25, -0.2) is 9.97 Å². The van der Waals surface area contributed by atoms with Crippen LogP contribution in [0, 0.1) is 18.3 Å². The highest BCUT2D eigenvalue weighted by molar-refractivity contribution is 5.95. The van der Waals surface area contributed by atoms with Crippen LogP contribution in [0.1, 0.15) is 32.7 Å². The standard InChI is InChI=1S/C22H19N5O2/c1-15-3-2-4-18(9-15)10-21(28)27-20-11-19(25-14-26-20)22(29)24-13-17-7-5-16(12-23)6-8-17/h2-9,11,14H,10,13H2,1H3,(H,24,29)(H,25,26,27,28). The summed E-state index contributed by atoms with van der Waals surface area (Å²) in [5.41, 5.74) is 3.55. The molecule has 0 saturated heterocycles. The van der Waals surface area contributed by atoms with E-state index in [0.29, 0.717) is 12.1 Å². The zero-order valence-electron chi connectivity index (χ0n) is 15.8. The van der Waals surface area contributed by atoms with Crippen molar-refractivity contribution in [2.45, 2.75) is 19.9 Å². The first-order chi connectivity index (χ1) is 14.0. The van der Waals surface area contributed by atoms with Crippen LogP contribution < -0.4 is 10.6 Å². The number of nitrogens with one attached hydrogen (secondary N) is 2. The van der Waals surface area contributed by atoms with E-state index in [1.807, 2.05) is 37.3 Å². The molecule has 2 N–H and O–H groups in total. The van der Waals surface area contributed by atoms with E-state index >= 15 is 0 Å². The summed E-state index contributed by atoms with van der Waals surface area (Å²) in [5.74, 6) is -0.342. The maximum atomic E-state index is 12.3. The molecule has 0 saturated carbocycles. The van der Waals surface area contributed by atoms with Gasteiger partial charge in [0.2, 0.25) is 5.91 Å². The predicted molar refractivity (Wildman–Crippen MR) is 108 cm³/mol. The lowest BCUT2D eigenvalue weighted by Gasteiger charge is -2.08. The SMILES string of the molecule is Cc1cccc(CC(=O)Nc2cc(C(=O)NCc3ccc(C#N)cc3)ncn2)c1. The second-order valence-corrected chi connectivity index (χ2v) is 6.49. The zero-order chi connectivity index (χ0) is 20.6. The van der Waals surface area contributed by atoms with Crippen LogP contribution in [-0.2, 0) is 17.8 Å². The van der Waals surface area contributed by atoms with Crippen LogP contribution in [0.4, 0.5) is 5.82 Å². The van der Waals surface area contributed by atoms with Gasteiger partial charge >= 0.3 is 0 Å². The molecule has 0 aliphatic rings. The number of hydrogen-bond acceptors (Lipinski definition) is 5. The third kappa shape index (κ3) is 5.71. The van der Waals surface area contributed by atoms with Gasteiger partial charge < -0.3 is 10.6 Å². The molecule has 0 bridgehead atoms. The van der Waals surface area contributed by atoms with Crippen molar-refractivity contribution in [3.63, 3.8) is 0 Å². The number of nitriles is 1. The summed E-state index contributed by atoms with van der Waals surface area (Å²) in [4.78, 5) is 32.6. The van der Waals surface area contributed by atoms with E-state index in [4.69, 9.17) is 5.26 Å².